The van der Waals surface area contributed by atoms with Gasteiger partial charge in [-0.3, -0.25) is 9.69 Å². The smallest absolute Gasteiger partial charge is 0.367 e. The fraction of sp³-hybridized carbons (Fsp3) is 0.364. The molecule has 0 unspecified atom stereocenters. The molecule has 1 saturated heterocycles. The first-order valence-electron chi connectivity index (χ1n) is 9.75. The van der Waals surface area contributed by atoms with Gasteiger partial charge in [0, 0.05) is 19.6 Å². The predicted octanol–water partition coefficient (Wildman–Crippen LogP) is 3.53. The average molecular weight is 415 g/mol. The molecule has 5 nitrogen and oxygen atoms in total. The molecule has 2 aliphatic rings. The molecule has 0 radical (unpaired) electrons. The third-order valence-electron chi connectivity index (χ3n) is 5.44. The average Bonchev–Trinajstić information content (AvgIpc) is 3.02. The van der Waals surface area contributed by atoms with Gasteiger partial charge in [-0.1, -0.05) is 36.4 Å². The molecule has 2 atom stereocenters. The number of amides is 1. The van der Waals surface area contributed by atoms with Crippen molar-refractivity contribution >= 4 is 11.6 Å². The van der Waals surface area contributed by atoms with Crippen molar-refractivity contribution in [3.63, 3.8) is 0 Å². The highest BCUT2D eigenvalue weighted by atomic mass is 19.4. The maximum Gasteiger partial charge on any atom is 0.418 e. The van der Waals surface area contributed by atoms with Gasteiger partial charge in [0.2, 0.25) is 0 Å². The Morgan fingerprint density at radius 1 is 1.20 bits per heavy atom. The highest BCUT2D eigenvalue weighted by Gasteiger charge is 2.46. The number of fused-ring (bicyclic) bond motifs is 2. The summed E-state index contributed by atoms with van der Waals surface area (Å²) in [4.78, 5) is 14.1. The van der Waals surface area contributed by atoms with E-state index in [0.29, 0.717) is 30.7 Å². The minimum atomic E-state index is -4.67. The number of carbonyl (C=O) groups excluding carboxylic acids is 1. The Morgan fingerprint density at radius 3 is 2.67 bits per heavy atom. The van der Waals surface area contributed by atoms with Gasteiger partial charge in [-0.25, -0.2) is 0 Å². The standard InChI is InChI=1S/C22H20F3N3O2/c23-22(24,25)20-17-11-15(12-26)28(21(29)19-13-27-9-4-10-30-19)18(20)8-7-16(17)14-5-2-1-3-6-14/h1-3,5-8,15,19,27H,4,9-11,13H2/t15-,19-/m0/s1. The molecule has 2 bridgehead atoms. The van der Waals surface area contributed by atoms with Gasteiger partial charge in [0.05, 0.1) is 17.3 Å². The molecule has 4 rings (SSSR count). The zero-order valence-electron chi connectivity index (χ0n) is 16.1. The molecular weight excluding hydrogens is 395 g/mol. The molecule has 156 valence electrons. The monoisotopic (exact) mass is 415 g/mol. The number of halogens is 3. The van der Waals surface area contributed by atoms with E-state index in [1.165, 1.54) is 6.07 Å². The van der Waals surface area contributed by atoms with Crippen molar-refractivity contribution in [3.8, 4) is 17.2 Å². The van der Waals surface area contributed by atoms with Gasteiger partial charge in [-0.05, 0) is 35.7 Å². The Bertz CT molecular complexity index is 978. The van der Waals surface area contributed by atoms with Crippen LogP contribution in [-0.2, 0) is 22.1 Å². The van der Waals surface area contributed by atoms with Crippen LogP contribution in [0, 0.1) is 11.3 Å². The summed E-state index contributed by atoms with van der Waals surface area (Å²) < 4.78 is 48.0. The number of nitriles is 1. The van der Waals surface area contributed by atoms with Gasteiger partial charge in [-0.15, -0.1) is 0 Å². The van der Waals surface area contributed by atoms with Crippen LogP contribution in [0.5, 0.6) is 0 Å². The van der Waals surface area contributed by atoms with Gasteiger partial charge < -0.3 is 10.1 Å². The molecule has 2 aliphatic heterocycles. The summed E-state index contributed by atoms with van der Waals surface area (Å²) in [5, 5.41) is 12.8. The van der Waals surface area contributed by atoms with Gasteiger partial charge >= 0.3 is 6.18 Å². The molecule has 0 aliphatic carbocycles. The second kappa shape index (κ2) is 8.09. The number of carbonyl (C=O) groups is 1. The summed E-state index contributed by atoms with van der Waals surface area (Å²) in [7, 11) is 0. The number of rotatable bonds is 2. The van der Waals surface area contributed by atoms with Gasteiger partial charge in [-0.2, -0.15) is 18.4 Å². The molecule has 30 heavy (non-hydrogen) atoms. The number of anilines is 1. The lowest BCUT2D eigenvalue weighted by molar-refractivity contribution is -0.138. The van der Waals surface area contributed by atoms with Crippen LogP contribution in [0.2, 0.25) is 0 Å². The molecule has 2 aromatic rings. The third-order valence-corrected chi connectivity index (χ3v) is 5.44. The second-order valence-electron chi connectivity index (χ2n) is 7.32. The minimum absolute atomic E-state index is 0.0432. The summed E-state index contributed by atoms with van der Waals surface area (Å²) in [5.41, 5.74) is -0.0384. The number of alkyl halides is 3. The summed E-state index contributed by atoms with van der Waals surface area (Å²) in [6.45, 7) is 1.19. The molecule has 2 heterocycles. The fourth-order valence-electron chi connectivity index (χ4n) is 4.11. The minimum Gasteiger partial charge on any atom is -0.367 e. The van der Waals surface area contributed by atoms with Crippen molar-refractivity contribution in [2.24, 2.45) is 0 Å². The summed E-state index contributed by atoms with van der Waals surface area (Å²) >= 11 is 0. The second-order valence-corrected chi connectivity index (χ2v) is 7.32. The predicted molar refractivity (Wildman–Crippen MR) is 105 cm³/mol. The number of hydrogen-bond donors (Lipinski definition) is 1. The molecule has 8 heteroatoms. The molecule has 2 aromatic carbocycles. The van der Waals surface area contributed by atoms with Crippen LogP contribution >= 0.6 is 0 Å². The highest BCUT2D eigenvalue weighted by Crippen LogP contribution is 2.47. The summed E-state index contributed by atoms with van der Waals surface area (Å²) in [6.07, 6.45) is -5.10. The fourth-order valence-corrected chi connectivity index (χ4v) is 4.11. The van der Waals surface area contributed by atoms with Crippen LogP contribution in [0.3, 0.4) is 0 Å². The quantitative estimate of drug-likeness (QED) is 0.815. The first-order chi connectivity index (χ1) is 14.4. The Labute approximate surface area is 172 Å². The van der Waals surface area contributed by atoms with E-state index in [1.807, 2.05) is 6.07 Å². The van der Waals surface area contributed by atoms with E-state index in [-0.39, 0.29) is 24.2 Å². The Balaban J connectivity index is 1.84. The van der Waals surface area contributed by atoms with Crippen molar-refractivity contribution < 1.29 is 22.7 Å². The van der Waals surface area contributed by atoms with Crippen molar-refractivity contribution in [1.29, 1.82) is 5.26 Å². The van der Waals surface area contributed by atoms with Crippen LogP contribution in [0.25, 0.3) is 11.1 Å². The first-order valence-corrected chi connectivity index (χ1v) is 9.75. The lowest BCUT2D eigenvalue weighted by Crippen LogP contribution is -2.52. The number of ether oxygens (including phenoxy) is 1. The lowest BCUT2D eigenvalue weighted by Gasteiger charge is -2.38. The molecule has 0 spiro atoms. The number of nitrogens with zero attached hydrogens (tertiary/aromatic N) is 2. The van der Waals surface area contributed by atoms with Crippen molar-refractivity contribution in [2.75, 3.05) is 24.6 Å². The molecule has 0 saturated carbocycles. The normalized spacial score (nSPS) is 21.6. The maximum absolute atomic E-state index is 14.1. The maximum atomic E-state index is 14.1. The van der Waals surface area contributed by atoms with E-state index >= 15 is 0 Å². The van der Waals surface area contributed by atoms with Crippen molar-refractivity contribution in [3.05, 3.63) is 53.6 Å². The Kier molecular flexibility index (Phi) is 5.50. The van der Waals surface area contributed by atoms with Crippen LogP contribution in [-0.4, -0.2) is 37.7 Å². The van der Waals surface area contributed by atoms with Crippen LogP contribution in [0.4, 0.5) is 18.9 Å². The van der Waals surface area contributed by atoms with E-state index in [4.69, 9.17) is 4.74 Å². The molecule has 1 N–H and O–H groups in total. The number of nitrogens with one attached hydrogen (secondary N) is 1. The van der Waals surface area contributed by atoms with Crippen LogP contribution < -0.4 is 10.2 Å². The molecular formula is C22H20F3N3O2. The zero-order chi connectivity index (χ0) is 21.3. The Hall–Kier alpha value is -2.89. The van der Waals surface area contributed by atoms with Crippen LogP contribution in [0.1, 0.15) is 17.5 Å². The van der Waals surface area contributed by atoms with Crippen molar-refractivity contribution in [2.45, 2.75) is 31.2 Å². The van der Waals surface area contributed by atoms with Gasteiger partial charge in [0.15, 0.2) is 0 Å². The summed E-state index contributed by atoms with van der Waals surface area (Å²) in [6, 6.07) is 12.6. The van der Waals surface area contributed by atoms with E-state index in [0.717, 1.165) is 4.90 Å². The number of benzene rings is 2. The van der Waals surface area contributed by atoms with Gasteiger partial charge in [0.25, 0.3) is 5.91 Å². The van der Waals surface area contributed by atoms with Crippen molar-refractivity contribution in [1.82, 2.24) is 5.32 Å². The summed E-state index contributed by atoms with van der Waals surface area (Å²) in [5.74, 6) is -0.625. The largest absolute Gasteiger partial charge is 0.418 e. The molecule has 0 aromatic heterocycles. The lowest BCUT2D eigenvalue weighted by atomic mass is 9.85. The molecule has 1 fully saturated rings. The zero-order valence-corrected chi connectivity index (χ0v) is 16.1. The Morgan fingerprint density at radius 2 is 1.97 bits per heavy atom. The molecule has 1 amide bonds. The first kappa shape index (κ1) is 20.4. The van der Waals surface area contributed by atoms with Crippen LogP contribution in [0.15, 0.2) is 42.5 Å². The van der Waals surface area contributed by atoms with Gasteiger partial charge in [0.1, 0.15) is 12.1 Å². The highest BCUT2D eigenvalue weighted by molar-refractivity contribution is 6.00. The topological polar surface area (TPSA) is 65.4 Å². The number of hydrogen-bond acceptors (Lipinski definition) is 4. The van der Waals surface area contributed by atoms with E-state index < -0.39 is 29.8 Å². The van der Waals surface area contributed by atoms with E-state index in [1.54, 1.807) is 36.4 Å². The van der Waals surface area contributed by atoms with E-state index in [9.17, 15) is 23.2 Å². The SMILES string of the molecule is N#C[C@@H]1Cc2c(-c3ccccc3)ccc(c2C(F)(F)F)N1C(=O)[C@@H]1CNCCCO1. The third kappa shape index (κ3) is 3.66. The van der Waals surface area contributed by atoms with E-state index in [2.05, 4.69) is 5.32 Å².